The summed E-state index contributed by atoms with van der Waals surface area (Å²) in [6, 6.07) is 11.8. The average molecular weight is 481 g/mol. The van der Waals surface area contributed by atoms with Crippen molar-refractivity contribution in [2.45, 2.75) is 19.9 Å². The van der Waals surface area contributed by atoms with E-state index in [4.69, 9.17) is 14.2 Å². The highest BCUT2D eigenvalue weighted by atomic mass is 16.5. The lowest BCUT2D eigenvalue weighted by Crippen LogP contribution is -2.42. The molecule has 0 unspecified atom stereocenters. The zero-order valence-corrected chi connectivity index (χ0v) is 20.5. The highest BCUT2D eigenvalue weighted by Gasteiger charge is 2.46. The number of carbonyl (C=O) groups excluding carboxylic acids is 2. The molecule has 2 aliphatic heterocycles. The topological polar surface area (TPSA) is 88.5 Å². The fourth-order valence-electron chi connectivity index (χ4n) is 4.53. The fraction of sp³-hybridized carbons (Fsp3) is 0.407. The Morgan fingerprint density at radius 1 is 1.06 bits per heavy atom. The monoisotopic (exact) mass is 480 g/mol. The van der Waals surface area contributed by atoms with Gasteiger partial charge < -0.3 is 24.2 Å². The second kappa shape index (κ2) is 10.9. The number of methoxy groups -OCH3 is 1. The Morgan fingerprint density at radius 2 is 1.77 bits per heavy atom. The van der Waals surface area contributed by atoms with Crippen LogP contribution in [0.2, 0.25) is 0 Å². The molecule has 0 radical (unpaired) electrons. The molecule has 2 fully saturated rings. The van der Waals surface area contributed by atoms with Gasteiger partial charge in [0.15, 0.2) is 11.5 Å². The number of aryl methyl sites for hydroxylation is 1. The van der Waals surface area contributed by atoms with Gasteiger partial charge >= 0.3 is 0 Å². The van der Waals surface area contributed by atoms with Crippen LogP contribution in [0.3, 0.4) is 0 Å². The molecule has 35 heavy (non-hydrogen) atoms. The summed E-state index contributed by atoms with van der Waals surface area (Å²) in [4.78, 5) is 30.2. The molecule has 2 aromatic rings. The minimum absolute atomic E-state index is 0.0760. The Bertz CT molecular complexity index is 1110. The van der Waals surface area contributed by atoms with E-state index in [1.165, 1.54) is 0 Å². The van der Waals surface area contributed by atoms with Crippen LogP contribution in [-0.4, -0.2) is 79.7 Å². The molecule has 0 aliphatic carbocycles. The van der Waals surface area contributed by atoms with Crippen molar-refractivity contribution in [3.8, 4) is 11.5 Å². The van der Waals surface area contributed by atoms with Crippen LogP contribution in [0, 0.1) is 6.92 Å². The lowest BCUT2D eigenvalue weighted by Gasteiger charge is -2.31. The number of ether oxygens (including phenoxy) is 3. The Balaban J connectivity index is 1.77. The maximum Gasteiger partial charge on any atom is 0.295 e. The summed E-state index contributed by atoms with van der Waals surface area (Å²) in [6.07, 6.45) is 0. The van der Waals surface area contributed by atoms with Crippen molar-refractivity contribution in [3.63, 3.8) is 0 Å². The van der Waals surface area contributed by atoms with E-state index < -0.39 is 17.7 Å². The summed E-state index contributed by atoms with van der Waals surface area (Å²) in [5.41, 5.74) is 2.26. The maximum absolute atomic E-state index is 13.3. The van der Waals surface area contributed by atoms with Crippen LogP contribution in [0.25, 0.3) is 5.76 Å². The number of Topliss-reactive ketones (excluding diaryl/α,β-unsaturated/α-hetero) is 1. The number of aliphatic hydroxyl groups is 1. The van der Waals surface area contributed by atoms with E-state index >= 15 is 0 Å². The van der Waals surface area contributed by atoms with Crippen molar-refractivity contribution in [2.24, 2.45) is 0 Å². The van der Waals surface area contributed by atoms with Gasteiger partial charge in [-0.05, 0) is 31.5 Å². The Hall–Kier alpha value is -3.36. The molecule has 186 valence electrons. The normalized spacial score (nSPS) is 20.3. The van der Waals surface area contributed by atoms with Crippen molar-refractivity contribution in [1.29, 1.82) is 0 Å². The van der Waals surface area contributed by atoms with Gasteiger partial charge in [0.25, 0.3) is 11.7 Å². The predicted octanol–water partition coefficient (Wildman–Crippen LogP) is 3.16. The number of likely N-dealkylation sites (tertiary alicyclic amines) is 1. The molecular weight excluding hydrogens is 448 g/mol. The molecule has 1 atom stereocenters. The zero-order chi connectivity index (χ0) is 24.9. The van der Waals surface area contributed by atoms with Gasteiger partial charge in [0.2, 0.25) is 0 Å². The van der Waals surface area contributed by atoms with Gasteiger partial charge in [-0.25, -0.2) is 0 Å². The molecule has 2 saturated heterocycles. The molecule has 1 amide bonds. The van der Waals surface area contributed by atoms with Gasteiger partial charge in [-0.15, -0.1) is 0 Å². The second-order valence-corrected chi connectivity index (χ2v) is 8.66. The van der Waals surface area contributed by atoms with E-state index in [-0.39, 0.29) is 11.3 Å². The summed E-state index contributed by atoms with van der Waals surface area (Å²) < 4.78 is 16.6. The van der Waals surface area contributed by atoms with Crippen LogP contribution >= 0.6 is 0 Å². The number of amides is 1. The first-order chi connectivity index (χ1) is 16.9. The van der Waals surface area contributed by atoms with Gasteiger partial charge in [-0.2, -0.15) is 0 Å². The molecule has 0 bridgehead atoms. The van der Waals surface area contributed by atoms with Gasteiger partial charge in [0.1, 0.15) is 5.76 Å². The predicted molar refractivity (Wildman–Crippen MR) is 132 cm³/mol. The molecule has 4 rings (SSSR count). The van der Waals surface area contributed by atoms with Crippen molar-refractivity contribution < 1.29 is 28.9 Å². The van der Waals surface area contributed by atoms with Crippen molar-refractivity contribution in [2.75, 3.05) is 53.1 Å². The lowest BCUT2D eigenvalue weighted by atomic mass is 9.94. The van der Waals surface area contributed by atoms with Crippen LogP contribution in [0.5, 0.6) is 11.5 Å². The third kappa shape index (κ3) is 5.18. The number of benzene rings is 2. The third-order valence-corrected chi connectivity index (χ3v) is 6.43. The van der Waals surface area contributed by atoms with Crippen molar-refractivity contribution in [3.05, 3.63) is 64.7 Å². The minimum Gasteiger partial charge on any atom is -0.507 e. The number of ketones is 1. The van der Waals surface area contributed by atoms with E-state index in [9.17, 15) is 14.7 Å². The lowest BCUT2D eigenvalue weighted by molar-refractivity contribution is -0.140. The van der Waals surface area contributed by atoms with Crippen molar-refractivity contribution >= 4 is 17.4 Å². The summed E-state index contributed by atoms with van der Waals surface area (Å²) in [5.74, 6) is -0.427. The summed E-state index contributed by atoms with van der Waals surface area (Å²) in [7, 11) is 1.54. The SMILES string of the molecule is CCOc1ccc([C@H]2/C(=C(\O)c3ccc(C)cc3)C(=O)C(=O)N2CCN2CCOCC2)cc1OC. The molecular formula is C27H32N2O6. The van der Waals surface area contributed by atoms with E-state index in [0.717, 1.165) is 18.7 Å². The quantitative estimate of drug-likeness (QED) is 0.353. The first-order valence-corrected chi connectivity index (χ1v) is 11.9. The van der Waals surface area contributed by atoms with Crippen LogP contribution in [-0.2, 0) is 14.3 Å². The second-order valence-electron chi connectivity index (χ2n) is 8.66. The molecule has 1 N–H and O–H groups in total. The third-order valence-electron chi connectivity index (χ3n) is 6.43. The van der Waals surface area contributed by atoms with E-state index in [1.54, 1.807) is 36.3 Å². The Labute approximate surface area is 205 Å². The van der Waals surface area contributed by atoms with E-state index in [1.807, 2.05) is 32.0 Å². The standard InChI is InChI=1S/C27H32N2O6/c1-4-35-21-10-9-20(17-22(21)33-3)24-23(25(30)19-7-5-18(2)6-8-19)26(31)27(32)29(24)12-11-28-13-15-34-16-14-28/h5-10,17,24,30H,4,11-16H2,1-3H3/b25-23+/t24-/m0/s1. The summed E-state index contributed by atoms with van der Waals surface area (Å²) >= 11 is 0. The molecule has 2 heterocycles. The van der Waals surface area contributed by atoms with Crippen LogP contribution < -0.4 is 9.47 Å². The number of carbonyl (C=O) groups is 2. The fourth-order valence-corrected chi connectivity index (χ4v) is 4.53. The van der Waals surface area contributed by atoms with Gasteiger partial charge in [-0.3, -0.25) is 14.5 Å². The Morgan fingerprint density at radius 3 is 2.43 bits per heavy atom. The molecule has 2 aromatic carbocycles. The first-order valence-electron chi connectivity index (χ1n) is 11.9. The van der Waals surface area contributed by atoms with Crippen LogP contribution in [0.1, 0.15) is 29.7 Å². The molecule has 0 spiro atoms. The Kier molecular flexibility index (Phi) is 7.73. The number of hydrogen-bond acceptors (Lipinski definition) is 7. The van der Waals surface area contributed by atoms with Gasteiger partial charge in [0, 0.05) is 31.7 Å². The molecule has 8 nitrogen and oxygen atoms in total. The number of morpholine rings is 1. The van der Waals surface area contributed by atoms with Crippen molar-refractivity contribution in [1.82, 2.24) is 9.80 Å². The first kappa shape index (κ1) is 24.8. The van der Waals surface area contributed by atoms with Crippen LogP contribution in [0.15, 0.2) is 48.0 Å². The molecule has 0 saturated carbocycles. The van der Waals surface area contributed by atoms with E-state index in [0.29, 0.717) is 55.5 Å². The average Bonchev–Trinajstić information content (AvgIpc) is 3.13. The largest absolute Gasteiger partial charge is 0.507 e. The highest BCUT2D eigenvalue weighted by Crippen LogP contribution is 2.42. The smallest absolute Gasteiger partial charge is 0.295 e. The number of nitrogens with zero attached hydrogens (tertiary/aromatic N) is 2. The molecule has 2 aliphatic rings. The highest BCUT2D eigenvalue weighted by molar-refractivity contribution is 6.46. The zero-order valence-electron chi connectivity index (χ0n) is 20.5. The van der Waals surface area contributed by atoms with E-state index in [2.05, 4.69) is 4.90 Å². The van der Waals surface area contributed by atoms with Crippen LogP contribution in [0.4, 0.5) is 0 Å². The molecule has 0 aromatic heterocycles. The molecule has 8 heteroatoms. The number of rotatable bonds is 8. The maximum atomic E-state index is 13.3. The minimum atomic E-state index is -0.748. The van der Waals surface area contributed by atoms with Gasteiger partial charge in [0.05, 0.1) is 38.5 Å². The summed E-state index contributed by atoms with van der Waals surface area (Å²) in [6.45, 7) is 8.08. The number of hydrogen-bond donors (Lipinski definition) is 1. The van der Waals surface area contributed by atoms with Gasteiger partial charge in [-0.1, -0.05) is 35.9 Å². The number of aliphatic hydroxyl groups excluding tert-OH is 1. The summed E-state index contributed by atoms with van der Waals surface area (Å²) in [5, 5.41) is 11.2.